The first-order chi connectivity index (χ1) is 16.9. The maximum Gasteiger partial charge on any atom is 0.341 e. The fourth-order valence-corrected chi connectivity index (χ4v) is 3.71. The highest BCUT2D eigenvalue weighted by atomic mass is 16.5. The van der Waals surface area contributed by atoms with E-state index in [9.17, 15) is 14.7 Å². The van der Waals surface area contributed by atoms with Gasteiger partial charge in [-0.2, -0.15) is 0 Å². The van der Waals surface area contributed by atoms with Crippen molar-refractivity contribution in [3.63, 3.8) is 0 Å². The first-order valence-electron chi connectivity index (χ1n) is 11.7. The number of amides is 1. The number of carbonyl (C=O) groups is 2. The largest absolute Gasteiger partial charge is 0.479 e. The van der Waals surface area contributed by atoms with Crippen LogP contribution < -0.4 is 9.47 Å². The number of carboxylic acids is 1. The molecule has 3 aromatic rings. The van der Waals surface area contributed by atoms with Crippen molar-refractivity contribution < 1.29 is 24.2 Å². The maximum atomic E-state index is 12.5. The quantitative estimate of drug-likeness (QED) is 0.368. The van der Waals surface area contributed by atoms with Gasteiger partial charge in [-0.3, -0.25) is 4.79 Å². The Morgan fingerprint density at radius 2 is 1.46 bits per heavy atom. The highest BCUT2D eigenvalue weighted by Crippen LogP contribution is 2.36. The molecule has 0 radical (unpaired) electrons. The molecule has 0 aliphatic rings. The molecule has 182 valence electrons. The lowest BCUT2D eigenvalue weighted by Gasteiger charge is -2.22. The Kier molecular flexibility index (Phi) is 9.07. The minimum atomic E-state index is -1.09. The van der Waals surface area contributed by atoms with Crippen LogP contribution >= 0.6 is 0 Å². The summed E-state index contributed by atoms with van der Waals surface area (Å²) in [5.74, 6) is -0.456. The molecular weight excluding hydrogens is 442 g/mol. The van der Waals surface area contributed by atoms with Gasteiger partial charge in [0.25, 0.3) is 0 Å². The van der Waals surface area contributed by atoms with E-state index in [4.69, 9.17) is 9.47 Å². The zero-order valence-corrected chi connectivity index (χ0v) is 20.3. The third-order valence-electron chi connectivity index (χ3n) is 5.61. The third-order valence-corrected chi connectivity index (χ3v) is 5.61. The van der Waals surface area contributed by atoms with Crippen molar-refractivity contribution in [1.29, 1.82) is 0 Å². The monoisotopic (exact) mass is 473 g/mol. The molecule has 0 fully saturated rings. The van der Waals surface area contributed by atoms with Crippen LogP contribution in [-0.2, 0) is 9.59 Å². The fraction of sp³-hybridized carbons (Fsp3) is 0.241. The first-order valence-corrected chi connectivity index (χ1v) is 11.7. The molecule has 0 saturated heterocycles. The van der Waals surface area contributed by atoms with Crippen LogP contribution in [0.15, 0.2) is 84.9 Å². The van der Waals surface area contributed by atoms with Crippen LogP contribution in [0.4, 0.5) is 0 Å². The van der Waals surface area contributed by atoms with Crippen LogP contribution in [-0.4, -0.2) is 41.6 Å². The summed E-state index contributed by atoms with van der Waals surface area (Å²) < 4.78 is 12.0. The number of ether oxygens (including phenoxy) is 2. The molecule has 0 saturated carbocycles. The lowest BCUT2D eigenvalue weighted by Crippen LogP contribution is -2.28. The summed E-state index contributed by atoms with van der Waals surface area (Å²) in [6.07, 6.45) is 1.16. The molecule has 1 N–H and O–H groups in total. The Bertz CT molecular complexity index is 1110. The normalized spacial score (nSPS) is 11.3. The first kappa shape index (κ1) is 25.6. The minimum Gasteiger partial charge on any atom is -0.479 e. The number of hydrogen-bond acceptors (Lipinski definition) is 4. The van der Waals surface area contributed by atoms with Crippen molar-refractivity contribution in [3.05, 3.63) is 102 Å². The van der Waals surface area contributed by atoms with E-state index in [0.717, 1.165) is 22.3 Å². The molecule has 0 aliphatic carbocycles. The van der Waals surface area contributed by atoms with Crippen molar-refractivity contribution in [2.45, 2.75) is 26.9 Å². The van der Waals surface area contributed by atoms with Crippen molar-refractivity contribution in [3.8, 4) is 11.5 Å². The summed E-state index contributed by atoms with van der Waals surface area (Å²) in [4.78, 5) is 25.5. The molecule has 3 aromatic carbocycles. The van der Waals surface area contributed by atoms with Gasteiger partial charge in [0.2, 0.25) is 5.91 Å². The van der Waals surface area contributed by atoms with E-state index in [1.54, 1.807) is 23.1 Å². The summed E-state index contributed by atoms with van der Waals surface area (Å²) in [6, 6.07) is 24.9. The SMILES string of the molecule is CCN(CC)C(=O)/C=C(\C)c1ccc(OC(c2ccccc2)c2ccccc2)c(OCC(=O)O)c1. The zero-order valence-electron chi connectivity index (χ0n) is 20.3. The van der Waals surface area contributed by atoms with Gasteiger partial charge in [0.15, 0.2) is 18.1 Å². The van der Waals surface area contributed by atoms with E-state index < -0.39 is 18.7 Å². The van der Waals surface area contributed by atoms with Crippen LogP contribution in [0.2, 0.25) is 0 Å². The number of nitrogens with zero attached hydrogens (tertiary/aromatic N) is 1. The molecule has 6 heteroatoms. The molecule has 3 rings (SSSR count). The predicted octanol–water partition coefficient (Wildman–Crippen LogP) is 5.59. The topological polar surface area (TPSA) is 76.1 Å². The van der Waals surface area contributed by atoms with Gasteiger partial charge in [-0.05, 0) is 55.2 Å². The Morgan fingerprint density at radius 1 is 0.886 bits per heavy atom. The standard InChI is InChI=1S/C29H31NO5/c1-4-30(5-2)27(31)18-21(3)24-16-17-25(26(19-24)34-20-28(32)33)35-29(22-12-8-6-9-13-22)23-14-10-7-11-15-23/h6-19,29H,4-5,20H2,1-3H3,(H,32,33)/b21-18+. The second-order valence-electron chi connectivity index (χ2n) is 8.00. The lowest BCUT2D eigenvalue weighted by molar-refractivity contribution is -0.139. The Hall–Kier alpha value is -4.06. The molecule has 6 nitrogen and oxygen atoms in total. The smallest absolute Gasteiger partial charge is 0.341 e. The molecule has 0 spiro atoms. The van der Waals surface area contributed by atoms with E-state index >= 15 is 0 Å². The third kappa shape index (κ3) is 6.96. The lowest BCUT2D eigenvalue weighted by atomic mass is 10.0. The molecule has 0 aliphatic heterocycles. The van der Waals surface area contributed by atoms with E-state index in [0.29, 0.717) is 24.6 Å². The van der Waals surface area contributed by atoms with Gasteiger partial charge >= 0.3 is 5.97 Å². The molecule has 1 amide bonds. The Balaban J connectivity index is 1.98. The van der Waals surface area contributed by atoms with Crippen LogP contribution in [0.1, 0.15) is 43.6 Å². The Morgan fingerprint density at radius 3 is 1.97 bits per heavy atom. The highest BCUT2D eigenvalue weighted by Gasteiger charge is 2.19. The van der Waals surface area contributed by atoms with Crippen molar-refractivity contribution in [2.75, 3.05) is 19.7 Å². The summed E-state index contributed by atoms with van der Waals surface area (Å²) in [7, 11) is 0. The van der Waals surface area contributed by atoms with Crippen LogP contribution in [0.25, 0.3) is 5.57 Å². The van der Waals surface area contributed by atoms with Gasteiger partial charge in [-0.15, -0.1) is 0 Å². The number of likely N-dealkylation sites (N-methyl/N-ethyl adjacent to an activating group) is 1. The van der Waals surface area contributed by atoms with E-state index in [1.807, 2.05) is 87.5 Å². The second kappa shape index (κ2) is 12.4. The van der Waals surface area contributed by atoms with E-state index in [-0.39, 0.29) is 5.91 Å². The maximum absolute atomic E-state index is 12.5. The van der Waals surface area contributed by atoms with Gasteiger partial charge < -0.3 is 19.5 Å². The second-order valence-corrected chi connectivity index (χ2v) is 8.00. The van der Waals surface area contributed by atoms with Crippen molar-refractivity contribution >= 4 is 17.4 Å². The van der Waals surface area contributed by atoms with Gasteiger partial charge in [0.05, 0.1) is 0 Å². The number of carboxylic acid groups (broad SMARTS) is 1. The highest BCUT2D eigenvalue weighted by molar-refractivity contribution is 5.95. The van der Waals surface area contributed by atoms with Crippen LogP contribution in [0, 0.1) is 0 Å². The van der Waals surface area contributed by atoms with Gasteiger partial charge in [0, 0.05) is 19.2 Å². The predicted molar refractivity (Wildman–Crippen MR) is 137 cm³/mol. The van der Waals surface area contributed by atoms with Crippen molar-refractivity contribution in [2.24, 2.45) is 0 Å². The van der Waals surface area contributed by atoms with Crippen molar-refractivity contribution in [1.82, 2.24) is 4.90 Å². The molecule has 0 unspecified atom stereocenters. The summed E-state index contributed by atoms with van der Waals surface area (Å²) >= 11 is 0. The molecular formula is C29H31NO5. The summed E-state index contributed by atoms with van der Waals surface area (Å²) in [5.41, 5.74) is 3.39. The van der Waals surface area contributed by atoms with Crippen LogP contribution in [0.3, 0.4) is 0 Å². The average molecular weight is 474 g/mol. The minimum absolute atomic E-state index is 0.0750. The number of benzene rings is 3. The zero-order chi connectivity index (χ0) is 25.2. The average Bonchev–Trinajstić information content (AvgIpc) is 2.88. The molecule has 0 heterocycles. The van der Waals surface area contributed by atoms with Gasteiger partial charge in [-0.1, -0.05) is 66.7 Å². The molecule has 0 bridgehead atoms. The molecule has 0 atom stereocenters. The number of aliphatic carboxylic acids is 1. The number of hydrogen-bond donors (Lipinski definition) is 1. The Labute approximate surface area is 206 Å². The number of carbonyl (C=O) groups excluding carboxylic acids is 1. The number of allylic oxidation sites excluding steroid dienone is 1. The molecule has 0 aromatic heterocycles. The van der Waals surface area contributed by atoms with Gasteiger partial charge in [-0.25, -0.2) is 4.79 Å². The van der Waals surface area contributed by atoms with E-state index in [2.05, 4.69) is 0 Å². The summed E-state index contributed by atoms with van der Waals surface area (Å²) in [5, 5.41) is 9.19. The summed E-state index contributed by atoms with van der Waals surface area (Å²) in [6.45, 7) is 6.45. The van der Waals surface area contributed by atoms with E-state index in [1.165, 1.54) is 0 Å². The number of rotatable bonds is 11. The van der Waals surface area contributed by atoms with Gasteiger partial charge in [0.1, 0.15) is 6.10 Å². The fourth-order valence-electron chi connectivity index (χ4n) is 3.71. The van der Waals surface area contributed by atoms with Crippen LogP contribution in [0.5, 0.6) is 11.5 Å². The molecule has 35 heavy (non-hydrogen) atoms.